The first-order valence-electron chi connectivity index (χ1n) is 6.52. The Bertz CT molecular complexity index is 424. The van der Waals surface area contributed by atoms with Gasteiger partial charge >= 0.3 is 5.97 Å². The normalized spacial score (nSPS) is 11.9. The molecule has 19 heavy (non-hydrogen) atoms. The zero-order valence-electron chi connectivity index (χ0n) is 11.6. The number of hydrogen-bond acceptors (Lipinski definition) is 5. The van der Waals surface area contributed by atoms with Crippen molar-refractivity contribution in [2.75, 3.05) is 11.9 Å². The smallest absolute Gasteiger partial charge is 0.305 e. The number of aromatic nitrogens is 2. The lowest BCUT2D eigenvalue weighted by molar-refractivity contribution is -0.137. The molecule has 0 aliphatic heterocycles. The van der Waals surface area contributed by atoms with Crippen molar-refractivity contribution in [2.45, 2.75) is 46.1 Å². The molecule has 0 aliphatic carbocycles. The second-order valence-corrected chi connectivity index (χ2v) is 4.37. The Morgan fingerprint density at radius 2 is 2.21 bits per heavy atom. The summed E-state index contributed by atoms with van der Waals surface area (Å²) in [4.78, 5) is 19.2. The number of ether oxygens (including phenoxy) is 1. The Labute approximate surface area is 113 Å². The summed E-state index contributed by atoms with van der Waals surface area (Å²) in [5, 5.41) is 11.8. The van der Waals surface area contributed by atoms with Gasteiger partial charge in [0.1, 0.15) is 0 Å². The predicted molar refractivity (Wildman–Crippen MR) is 72.5 cm³/mol. The van der Waals surface area contributed by atoms with Crippen molar-refractivity contribution in [3.05, 3.63) is 11.8 Å². The number of aliphatic carboxylic acids is 1. The molecule has 106 valence electrons. The predicted octanol–water partition coefficient (Wildman–Crippen LogP) is 2.24. The van der Waals surface area contributed by atoms with E-state index < -0.39 is 5.97 Å². The van der Waals surface area contributed by atoms with Crippen LogP contribution in [0.3, 0.4) is 0 Å². The van der Waals surface area contributed by atoms with Gasteiger partial charge < -0.3 is 15.2 Å². The fourth-order valence-electron chi connectivity index (χ4n) is 1.58. The summed E-state index contributed by atoms with van der Waals surface area (Å²) in [5.74, 6) is 0.0932. The number of aryl methyl sites for hydroxylation is 1. The van der Waals surface area contributed by atoms with Crippen LogP contribution in [-0.2, 0) is 4.79 Å². The molecule has 0 aliphatic rings. The quantitative estimate of drug-likeness (QED) is 0.751. The Hall–Kier alpha value is -1.85. The van der Waals surface area contributed by atoms with Gasteiger partial charge in [-0.1, -0.05) is 13.8 Å². The SMILES string of the molecule is CCCOc1cc(C)nc(NC(CC)CC(=O)O)n1. The molecule has 0 radical (unpaired) electrons. The van der Waals surface area contributed by atoms with Crippen LogP contribution in [0.15, 0.2) is 6.07 Å². The fraction of sp³-hybridized carbons (Fsp3) is 0.615. The summed E-state index contributed by atoms with van der Waals surface area (Å²) in [5.41, 5.74) is 0.786. The van der Waals surface area contributed by atoms with E-state index >= 15 is 0 Å². The van der Waals surface area contributed by atoms with E-state index in [2.05, 4.69) is 15.3 Å². The first-order valence-corrected chi connectivity index (χ1v) is 6.52. The van der Waals surface area contributed by atoms with E-state index in [0.29, 0.717) is 24.9 Å². The maximum atomic E-state index is 10.7. The van der Waals surface area contributed by atoms with Crippen LogP contribution in [0.25, 0.3) is 0 Å². The van der Waals surface area contributed by atoms with Crippen LogP contribution < -0.4 is 10.1 Å². The first-order chi connectivity index (χ1) is 9.05. The minimum absolute atomic E-state index is 0.0406. The van der Waals surface area contributed by atoms with Crippen LogP contribution in [0.2, 0.25) is 0 Å². The number of carbonyl (C=O) groups is 1. The maximum Gasteiger partial charge on any atom is 0.305 e. The van der Waals surface area contributed by atoms with Crippen LogP contribution in [0, 0.1) is 6.92 Å². The molecular weight excluding hydrogens is 246 g/mol. The van der Waals surface area contributed by atoms with Crippen LogP contribution in [0.1, 0.15) is 38.8 Å². The lowest BCUT2D eigenvalue weighted by atomic mass is 10.1. The highest BCUT2D eigenvalue weighted by Gasteiger charge is 2.13. The molecule has 6 nitrogen and oxygen atoms in total. The lowest BCUT2D eigenvalue weighted by Gasteiger charge is -2.15. The summed E-state index contributed by atoms with van der Waals surface area (Å²) < 4.78 is 5.47. The minimum atomic E-state index is -0.838. The molecule has 1 rings (SSSR count). The second-order valence-electron chi connectivity index (χ2n) is 4.37. The molecule has 1 aromatic heterocycles. The second kappa shape index (κ2) is 7.56. The number of nitrogens with zero attached hydrogens (tertiary/aromatic N) is 2. The first kappa shape index (κ1) is 15.2. The molecule has 0 spiro atoms. The molecule has 0 bridgehead atoms. The molecule has 1 atom stereocenters. The third kappa shape index (κ3) is 5.54. The zero-order valence-corrected chi connectivity index (χ0v) is 11.6. The maximum absolute atomic E-state index is 10.7. The average molecular weight is 267 g/mol. The summed E-state index contributed by atoms with van der Waals surface area (Å²) in [6.07, 6.45) is 1.64. The monoisotopic (exact) mass is 267 g/mol. The third-order valence-electron chi connectivity index (χ3n) is 2.53. The molecule has 0 saturated heterocycles. The van der Waals surface area contributed by atoms with E-state index in [9.17, 15) is 4.79 Å². The highest BCUT2D eigenvalue weighted by atomic mass is 16.5. The van der Waals surface area contributed by atoms with E-state index in [1.807, 2.05) is 20.8 Å². The van der Waals surface area contributed by atoms with Gasteiger partial charge in [0.05, 0.1) is 13.0 Å². The van der Waals surface area contributed by atoms with Gasteiger partial charge in [-0.3, -0.25) is 4.79 Å². The zero-order chi connectivity index (χ0) is 14.3. The Kier molecular flexibility index (Phi) is 6.05. The van der Waals surface area contributed by atoms with E-state index in [4.69, 9.17) is 9.84 Å². The van der Waals surface area contributed by atoms with Crippen molar-refractivity contribution in [2.24, 2.45) is 0 Å². The van der Waals surface area contributed by atoms with Gasteiger partial charge in [0.25, 0.3) is 0 Å². The van der Waals surface area contributed by atoms with Crippen molar-refractivity contribution < 1.29 is 14.6 Å². The highest BCUT2D eigenvalue weighted by molar-refractivity contribution is 5.68. The Morgan fingerprint density at radius 3 is 2.79 bits per heavy atom. The standard InChI is InChI=1S/C13H21N3O3/c1-4-6-19-11-7-9(3)14-13(16-11)15-10(5-2)8-12(17)18/h7,10H,4-6,8H2,1-3H3,(H,17,18)(H,14,15,16). The van der Waals surface area contributed by atoms with Gasteiger partial charge in [0.15, 0.2) is 0 Å². The van der Waals surface area contributed by atoms with Gasteiger partial charge in [0.2, 0.25) is 11.8 Å². The Morgan fingerprint density at radius 1 is 1.47 bits per heavy atom. The molecule has 0 fully saturated rings. The molecule has 2 N–H and O–H groups in total. The van der Waals surface area contributed by atoms with E-state index in [1.54, 1.807) is 6.07 Å². The van der Waals surface area contributed by atoms with Crippen molar-refractivity contribution >= 4 is 11.9 Å². The van der Waals surface area contributed by atoms with Crippen LogP contribution in [0.5, 0.6) is 5.88 Å². The summed E-state index contributed by atoms with van der Waals surface area (Å²) >= 11 is 0. The molecule has 0 saturated carbocycles. The fourth-order valence-corrected chi connectivity index (χ4v) is 1.58. The number of nitrogens with one attached hydrogen (secondary N) is 1. The average Bonchev–Trinajstić information content (AvgIpc) is 2.34. The number of anilines is 1. The summed E-state index contributed by atoms with van der Waals surface area (Å²) in [6, 6.07) is 1.58. The van der Waals surface area contributed by atoms with Gasteiger partial charge in [-0.25, -0.2) is 4.98 Å². The van der Waals surface area contributed by atoms with E-state index in [0.717, 1.165) is 12.1 Å². The third-order valence-corrected chi connectivity index (χ3v) is 2.53. The number of hydrogen-bond donors (Lipinski definition) is 2. The molecule has 6 heteroatoms. The molecule has 1 aromatic rings. The van der Waals surface area contributed by atoms with Gasteiger partial charge in [-0.2, -0.15) is 4.98 Å². The van der Waals surface area contributed by atoms with Crippen molar-refractivity contribution in [1.29, 1.82) is 0 Å². The molecule has 1 unspecified atom stereocenters. The largest absolute Gasteiger partial charge is 0.481 e. The van der Waals surface area contributed by atoms with E-state index in [-0.39, 0.29) is 12.5 Å². The van der Waals surface area contributed by atoms with Crippen molar-refractivity contribution in [3.8, 4) is 5.88 Å². The lowest BCUT2D eigenvalue weighted by Crippen LogP contribution is -2.23. The molecule has 1 heterocycles. The van der Waals surface area contributed by atoms with Gasteiger partial charge in [-0.15, -0.1) is 0 Å². The topological polar surface area (TPSA) is 84.3 Å². The van der Waals surface area contributed by atoms with Crippen LogP contribution in [0.4, 0.5) is 5.95 Å². The highest BCUT2D eigenvalue weighted by Crippen LogP contribution is 2.14. The minimum Gasteiger partial charge on any atom is -0.481 e. The number of rotatable bonds is 8. The van der Waals surface area contributed by atoms with Gasteiger partial charge in [0, 0.05) is 17.8 Å². The van der Waals surface area contributed by atoms with Crippen LogP contribution in [-0.4, -0.2) is 33.7 Å². The molecule has 0 amide bonds. The molecular formula is C13H21N3O3. The van der Waals surface area contributed by atoms with Gasteiger partial charge in [-0.05, 0) is 19.8 Å². The Balaban J connectivity index is 2.75. The van der Waals surface area contributed by atoms with E-state index in [1.165, 1.54) is 0 Å². The molecule has 0 aromatic carbocycles. The summed E-state index contributed by atoms with van der Waals surface area (Å²) in [7, 11) is 0. The number of carboxylic acid groups (broad SMARTS) is 1. The van der Waals surface area contributed by atoms with Crippen LogP contribution >= 0.6 is 0 Å². The number of carboxylic acids is 1. The van der Waals surface area contributed by atoms with Crippen molar-refractivity contribution in [1.82, 2.24) is 9.97 Å². The van der Waals surface area contributed by atoms with Crippen molar-refractivity contribution in [3.63, 3.8) is 0 Å². The summed E-state index contributed by atoms with van der Waals surface area (Å²) in [6.45, 7) is 6.39.